The van der Waals surface area contributed by atoms with E-state index in [2.05, 4.69) is 10.1 Å². The minimum atomic E-state index is -3.13. The van der Waals surface area contributed by atoms with Gasteiger partial charge in [-0.2, -0.15) is 16.7 Å². The standard InChI is InChI=1S/C11H20N4O3S2/c1-11(2,12)10-13-8(18-14-10)6-15-4-5-19-7-9(15)20(3,16)17/h9H,4-7,12H2,1-3H3. The van der Waals surface area contributed by atoms with Crippen LogP contribution in [-0.4, -0.2) is 53.1 Å². The van der Waals surface area contributed by atoms with Gasteiger partial charge in [0.2, 0.25) is 5.89 Å². The highest BCUT2D eigenvalue weighted by Crippen LogP contribution is 2.22. The number of thioether (sulfide) groups is 1. The fraction of sp³-hybridized carbons (Fsp3) is 0.818. The van der Waals surface area contributed by atoms with Crippen LogP contribution in [0.1, 0.15) is 25.6 Å². The van der Waals surface area contributed by atoms with Gasteiger partial charge in [-0.25, -0.2) is 8.42 Å². The van der Waals surface area contributed by atoms with Gasteiger partial charge in [-0.3, -0.25) is 4.90 Å². The van der Waals surface area contributed by atoms with Gasteiger partial charge in [-0.05, 0) is 13.8 Å². The van der Waals surface area contributed by atoms with E-state index >= 15 is 0 Å². The van der Waals surface area contributed by atoms with Crippen LogP contribution in [0, 0.1) is 0 Å². The van der Waals surface area contributed by atoms with E-state index in [1.54, 1.807) is 25.6 Å². The van der Waals surface area contributed by atoms with Crippen molar-refractivity contribution in [3.05, 3.63) is 11.7 Å². The zero-order chi connectivity index (χ0) is 15.0. The second-order valence-corrected chi connectivity index (χ2v) is 8.92. The predicted octanol–water partition coefficient (Wildman–Crippen LogP) is 0.183. The van der Waals surface area contributed by atoms with Crippen molar-refractivity contribution >= 4 is 21.6 Å². The maximum absolute atomic E-state index is 11.8. The van der Waals surface area contributed by atoms with E-state index in [1.165, 1.54) is 6.26 Å². The van der Waals surface area contributed by atoms with Crippen LogP contribution in [-0.2, 0) is 21.9 Å². The number of rotatable bonds is 4. The van der Waals surface area contributed by atoms with Gasteiger partial charge in [0, 0.05) is 24.3 Å². The highest BCUT2D eigenvalue weighted by atomic mass is 32.2. The number of aromatic nitrogens is 2. The van der Waals surface area contributed by atoms with Crippen LogP contribution in [0.5, 0.6) is 0 Å². The van der Waals surface area contributed by atoms with Gasteiger partial charge in [0.25, 0.3) is 0 Å². The molecule has 114 valence electrons. The van der Waals surface area contributed by atoms with Crippen LogP contribution in [0.15, 0.2) is 4.52 Å². The highest BCUT2D eigenvalue weighted by molar-refractivity contribution is 8.00. The van der Waals surface area contributed by atoms with Gasteiger partial charge in [0.1, 0.15) is 5.37 Å². The van der Waals surface area contributed by atoms with Crippen molar-refractivity contribution in [1.29, 1.82) is 0 Å². The monoisotopic (exact) mass is 320 g/mol. The topological polar surface area (TPSA) is 102 Å². The van der Waals surface area contributed by atoms with Crippen molar-refractivity contribution in [3.63, 3.8) is 0 Å². The Morgan fingerprint density at radius 3 is 2.80 bits per heavy atom. The summed E-state index contributed by atoms with van der Waals surface area (Å²) in [6, 6.07) is 0. The molecule has 2 rings (SSSR count). The molecular weight excluding hydrogens is 300 g/mol. The van der Waals surface area contributed by atoms with Crippen LogP contribution < -0.4 is 5.73 Å². The average molecular weight is 320 g/mol. The van der Waals surface area contributed by atoms with Crippen molar-refractivity contribution in [2.24, 2.45) is 5.73 Å². The molecule has 0 amide bonds. The first kappa shape index (κ1) is 15.7. The molecule has 2 heterocycles. The Kier molecular flexibility index (Phi) is 4.43. The summed E-state index contributed by atoms with van der Waals surface area (Å²) >= 11 is 1.65. The quantitative estimate of drug-likeness (QED) is 0.838. The smallest absolute Gasteiger partial charge is 0.240 e. The van der Waals surface area contributed by atoms with E-state index in [-0.39, 0.29) is 0 Å². The maximum atomic E-state index is 11.8. The van der Waals surface area contributed by atoms with Crippen LogP contribution in [0.3, 0.4) is 0 Å². The SMILES string of the molecule is CC(C)(N)c1noc(CN2CCSCC2S(C)(=O)=O)n1. The van der Waals surface area contributed by atoms with Crippen LogP contribution >= 0.6 is 11.8 Å². The molecule has 0 radical (unpaired) electrons. The van der Waals surface area contributed by atoms with E-state index in [0.717, 1.165) is 5.75 Å². The number of nitrogens with two attached hydrogens (primary N) is 1. The lowest BCUT2D eigenvalue weighted by Crippen LogP contribution is -2.46. The van der Waals surface area contributed by atoms with Crippen LogP contribution in [0.2, 0.25) is 0 Å². The molecule has 2 N–H and O–H groups in total. The van der Waals surface area contributed by atoms with E-state index in [0.29, 0.717) is 30.6 Å². The summed E-state index contributed by atoms with van der Waals surface area (Å²) in [7, 11) is -3.13. The molecule has 1 aliphatic heterocycles. The van der Waals surface area contributed by atoms with E-state index in [4.69, 9.17) is 10.3 Å². The lowest BCUT2D eigenvalue weighted by molar-refractivity contribution is 0.223. The first-order chi connectivity index (χ1) is 9.18. The Hall–Kier alpha value is -0.640. The Balaban J connectivity index is 2.13. The van der Waals surface area contributed by atoms with Gasteiger partial charge in [0.05, 0.1) is 12.1 Å². The number of sulfone groups is 1. The Morgan fingerprint density at radius 1 is 1.55 bits per heavy atom. The molecule has 0 spiro atoms. The molecule has 7 nitrogen and oxygen atoms in total. The first-order valence-corrected chi connectivity index (χ1v) is 9.41. The Morgan fingerprint density at radius 2 is 2.25 bits per heavy atom. The molecule has 0 aromatic carbocycles. The van der Waals surface area contributed by atoms with Crippen molar-refractivity contribution in [2.45, 2.75) is 31.3 Å². The molecule has 1 atom stereocenters. The Labute approximate surface area is 123 Å². The minimum Gasteiger partial charge on any atom is -0.338 e. The molecule has 9 heteroatoms. The van der Waals surface area contributed by atoms with Gasteiger partial charge < -0.3 is 10.3 Å². The maximum Gasteiger partial charge on any atom is 0.240 e. The zero-order valence-corrected chi connectivity index (χ0v) is 13.5. The number of hydrogen-bond donors (Lipinski definition) is 1. The normalized spacial score (nSPS) is 22.1. The highest BCUT2D eigenvalue weighted by Gasteiger charge is 2.32. The number of nitrogens with zero attached hydrogens (tertiary/aromatic N) is 3. The molecule has 1 aliphatic rings. The van der Waals surface area contributed by atoms with Gasteiger partial charge >= 0.3 is 0 Å². The summed E-state index contributed by atoms with van der Waals surface area (Å²) in [5.74, 6) is 2.30. The zero-order valence-electron chi connectivity index (χ0n) is 11.9. The second kappa shape index (κ2) is 5.63. The largest absolute Gasteiger partial charge is 0.338 e. The third-order valence-electron chi connectivity index (χ3n) is 3.07. The lowest BCUT2D eigenvalue weighted by Gasteiger charge is -2.32. The summed E-state index contributed by atoms with van der Waals surface area (Å²) in [6.07, 6.45) is 1.26. The molecule has 1 aromatic rings. The molecule has 0 aliphatic carbocycles. The fourth-order valence-corrected chi connectivity index (χ4v) is 4.89. The summed E-state index contributed by atoms with van der Waals surface area (Å²) < 4.78 is 28.8. The van der Waals surface area contributed by atoms with Gasteiger partial charge in [0.15, 0.2) is 15.7 Å². The molecule has 1 aromatic heterocycles. The van der Waals surface area contributed by atoms with Crippen LogP contribution in [0.4, 0.5) is 0 Å². The summed E-state index contributed by atoms with van der Waals surface area (Å²) in [4.78, 5) is 6.11. The van der Waals surface area contributed by atoms with E-state index in [1.807, 2.05) is 4.90 Å². The summed E-state index contributed by atoms with van der Waals surface area (Å²) in [6.45, 7) is 4.60. The minimum absolute atomic E-state index is 0.335. The second-order valence-electron chi connectivity index (χ2n) is 5.56. The number of hydrogen-bond acceptors (Lipinski definition) is 8. The predicted molar refractivity (Wildman–Crippen MR) is 77.9 cm³/mol. The third kappa shape index (κ3) is 3.72. The average Bonchev–Trinajstić information content (AvgIpc) is 2.76. The molecule has 1 unspecified atom stereocenters. The molecule has 1 fully saturated rings. The molecule has 0 saturated carbocycles. The van der Waals surface area contributed by atoms with Crippen molar-refractivity contribution in [2.75, 3.05) is 24.3 Å². The molecular formula is C11H20N4O3S2. The molecule has 20 heavy (non-hydrogen) atoms. The van der Waals surface area contributed by atoms with E-state index < -0.39 is 20.8 Å². The first-order valence-electron chi connectivity index (χ1n) is 6.30. The Bertz CT molecular complexity index is 564. The van der Waals surface area contributed by atoms with Crippen molar-refractivity contribution < 1.29 is 12.9 Å². The van der Waals surface area contributed by atoms with Gasteiger partial charge in [-0.15, -0.1) is 0 Å². The van der Waals surface area contributed by atoms with Crippen molar-refractivity contribution in [3.8, 4) is 0 Å². The lowest BCUT2D eigenvalue weighted by atomic mass is 10.1. The van der Waals surface area contributed by atoms with E-state index in [9.17, 15) is 8.42 Å². The van der Waals surface area contributed by atoms with Crippen LogP contribution in [0.25, 0.3) is 0 Å². The molecule has 0 bridgehead atoms. The van der Waals surface area contributed by atoms with Gasteiger partial charge in [-0.1, -0.05) is 5.16 Å². The molecule has 1 saturated heterocycles. The summed E-state index contributed by atoms with van der Waals surface area (Å²) in [5, 5.41) is 3.35. The van der Waals surface area contributed by atoms with Crippen molar-refractivity contribution in [1.82, 2.24) is 15.0 Å². The fourth-order valence-electron chi connectivity index (χ4n) is 1.95. The summed E-state index contributed by atoms with van der Waals surface area (Å²) in [5.41, 5.74) is 5.23. The third-order valence-corrected chi connectivity index (χ3v) is 5.75.